The second kappa shape index (κ2) is 7.09. The summed E-state index contributed by atoms with van der Waals surface area (Å²) in [5.41, 5.74) is 0.119. The number of ether oxygens (including phenoxy) is 1. The van der Waals surface area contributed by atoms with Gasteiger partial charge in [-0.1, -0.05) is 6.07 Å². The lowest BCUT2D eigenvalue weighted by Gasteiger charge is -2.26. The Labute approximate surface area is 156 Å². The van der Waals surface area contributed by atoms with Crippen LogP contribution in [0.3, 0.4) is 0 Å². The normalized spacial score (nSPS) is 16.3. The van der Waals surface area contributed by atoms with Crippen molar-refractivity contribution < 1.29 is 23.5 Å². The predicted octanol–water partition coefficient (Wildman–Crippen LogP) is 2.95. The zero-order chi connectivity index (χ0) is 18.0. The minimum Gasteiger partial charge on any atom is -0.494 e. The Morgan fingerprint density at radius 1 is 1.24 bits per heavy atom. The van der Waals surface area contributed by atoms with E-state index in [0.717, 1.165) is 4.90 Å². The number of hydrogen-bond acceptors (Lipinski definition) is 5. The third-order valence-electron chi connectivity index (χ3n) is 3.37. The van der Waals surface area contributed by atoms with Crippen molar-refractivity contribution in [1.29, 1.82) is 0 Å². The lowest BCUT2D eigenvalue weighted by atomic mass is 10.1. The summed E-state index contributed by atoms with van der Waals surface area (Å²) in [4.78, 5) is 37.8. The summed E-state index contributed by atoms with van der Waals surface area (Å²) in [6.07, 6.45) is 1.31. The van der Waals surface area contributed by atoms with E-state index in [0.29, 0.717) is 27.6 Å². The van der Waals surface area contributed by atoms with Crippen LogP contribution in [0, 0.1) is 3.77 Å². The number of nitrogens with zero attached hydrogens (tertiary/aromatic N) is 1. The fraction of sp³-hybridized carbons (Fsp3) is 0.118. The van der Waals surface area contributed by atoms with Crippen molar-refractivity contribution in [2.75, 3.05) is 11.5 Å². The first-order chi connectivity index (χ1) is 12.0. The van der Waals surface area contributed by atoms with Crippen LogP contribution >= 0.6 is 22.6 Å². The van der Waals surface area contributed by atoms with E-state index in [1.165, 1.54) is 6.08 Å². The Balaban J connectivity index is 1.98. The number of furan rings is 1. The molecule has 2 aromatic rings. The highest BCUT2D eigenvalue weighted by Gasteiger charge is 2.37. The van der Waals surface area contributed by atoms with E-state index in [9.17, 15) is 14.4 Å². The minimum absolute atomic E-state index is 0.188. The molecule has 1 aliphatic rings. The molecule has 0 unspecified atom stereocenters. The van der Waals surface area contributed by atoms with Crippen LogP contribution in [0.15, 0.2) is 46.4 Å². The molecule has 1 saturated heterocycles. The van der Waals surface area contributed by atoms with Crippen LogP contribution in [0.5, 0.6) is 5.75 Å². The van der Waals surface area contributed by atoms with Gasteiger partial charge in [-0.3, -0.25) is 14.9 Å². The Kier molecular flexibility index (Phi) is 4.88. The average Bonchev–Trinajstić information content (AvgIpc) is 2.97. The zero-order valence-corrected chi connectivity index (χ0v) is 15.3. The molecule has 0 atom stereocenters. The molecule has 2 heterocycles. The van der Waals surface area contributed by atoms with Gasteiger partial charge < -0.3 is 9.15 Å². The number of rotatable bonds is 4. The van der Waals surface area contributed by atoms with Gasteiger partial charge >= 0.3 is 6.03 Å². The number of carbonyl (C=O) groups is 3. The summed E-state index contributed by atoms with van der Waals surface area (Å²) in [5.74, 6) is -0.628. The van der Waals surface area contributed by atoms with Gasteiger partial charge in [0.2, 0.25) is 0 Å². The smallest absolute Gasteiger partial charge is 0.335 e. The molecule has 0 spiro atoms. The van der Waals surface area contributed by atoms with E-state index in [-0.39, 0.29) is 5.57 Å². The fourth-order valence-corrected chi connectivity index (χ4v) is 2.75. The van der Waals surface area contributed by atoms with Crippen molar-refractivity contribution in [3.63, 3.8) is 0 Å². The molecule has 0 bridgehead atoms. The maximum Gasteiger partial charge on any atom is 0.335 e. The van der Waals surface area contributed by atoms with E-state index in [4.69, 9.17) is 9.15 Å². The largest absolute Gasteiger partial charge is 0.494 e. The maximum absolute atomic E-state index is 12.7. The van der Waals surface area contributed by atoms with E-state index in [1.807, 2.05) is 29.5 Å². The molecule has 8 heteroatoms. The quantitative estimate of drug-likeness (QED) is 0.438. The molecule has 0 aliphatic carbocycles. The van der Waals surface area contributed by atoms with Crippen molar-refractivity contribution in [3.8, 4) is 5.75 Å². The predicted molar refractivity (Wildman–Crippen MR) is 98.0 cm³/mol. The highest BCUT2D eigenvalue weighted by atomic mass is 127. The summed E-state index contributed by atoms with van der Waals surface area (Å²) >= 11 is 1.97. The van der Waals surface area contributed by atoms with Crippen molar-refractivity contribution >= 4 is 52.2 Å². The number of benzene rings is 1. The van der Waals surface area contributed by atoms with E-state index in [2.05, 4.69) is 5.32 Å². The number of halogens is 1. The lowest BCUT2D eigenvalue weighted by molar-refractivity contribution is -0.122. The van der Waals surface area contributed by atoms with Crippen molar-refractivity contribution in [1.82, 2.24) is 5.32 Å². The first-order valence-electron chi connectivity index (χ1n) is 7.39. The maximum atomic E-state index is 12.7. The van der Waals surface area contributed by atoms with Crippen LogP contribution in [-0.2, 0) is 9.59 Å². The van der Waals surface area contributed by atoms with Crippen molar-refractivity contribution in [2.45, 2.75) is 6.92 Å². The number of carbonyl (C=O) groups excluding carboxylic acids is 3. The summed E-state index contributed by atoms with van der Waals surface area (Å²) in [7, 11) is 0. The molecule has 1 aromatic heterocycles. The third kappa shape index (κ3) is 3.58. The second-order valence-electron chi connectivity index (χ2n) is 5.03. The van der Waals surface area contributed by atoms with Gasteiger partial charge in [-0.25, -0.2) is 9.69 Å². The number of hydrogen-bond donors (Lipinski definition) is 1. The average molecular weight is 452 g/mol. The molecule has 1 aliphatic heterocycles. The molecule has 1 N–H and O–H groups in total. The Morgan fingerprint density at radius 3 is 2.72 bits per heavy atom. The molecular weight excluding hydrogens is 439 g/mol. The lowest BCUT2D eigenvalue weighted by Crippen LogP contribution is -2.54. The summed E-state index contributed by atoms with van der Waals surface area (Å²) in [6, 6.07) is 9.04. The Bertz CT molecular complexity index is 887. The molecular formula is C17H13IN2O5. The van der Waals surface area contributed by atoms with Crippen LogP contribution in [0.4, 0.5) is 10.5 Å². The third-order valence-corrected chi connectivity index (χ3v) is 3.95. The topological polar surface area (TPSA) is 88.8 Å². The van der Waals surface area contributed by atoms with Gasteiger partial charge in [-0.2, -0.15) is 0 Å². The highest BCUT2D eigenvalue weighted by Crippen LogP contribution is 2.26. The molecule has 128 valence electrons. The number of urea groups is 1. The van der Waals surface area contributed by atoms with E-state index >= 15 is 0 Å². The van der Waals surface area contributed by atoms with Crippen LogP contribution in [0.1, 0.15) is 12.7 Å². The first kappa shape index (κ1) is 17.2. The van der Waals surface area contributed by atoms with Crippen LogP contribution in [-0.4, -0.2) is 24.5 Å². The fourth-order valence-electron chi connectivity index (χ4n) is 2.32. The summed E-state index contributed by atoms with van der Waals surface area (Å²) in [6.45, 7) is 2.28. The van der Waals surface area contributed by atoms with Gasteiger partial charge in [-0.05, 0) is 59.9 Å². The molecule has 25 heavy (non-hydrogen) atoms. The van der Waals surface area contributed by atoms with E-state index < -0.39 is 17.8 Å². The van der Waals surface area contributed by atoms with Gasteiger partial charge in [0.1, 0.15) is 17.1 Å². The monoisotopic (exact) mass is 452 g/mol. The minimum atomic E-state index is -0.810. The Morgan fingerprint density at radius 2 is 2.04 bits per heavy atom. The number of barbiturate groups is 1. The highest BCUT2D eigenvalue weighted by molar-refractivity contribution is 14.1. The van der Waals surface area contributed by atoms with E-state index in [1.54, 1.807) is 36.4 Å². The summed E-state index contributed by atoms with van der Waals surface area (Å²) < 4.78 is 11.4. The van der Waals surface area contributed by atoms with Gasteiger partial charge in [0, 0.05) is 6.07 Å². The molecule has 1 fully saturated rings. The van der Waals surface area contributed by atoms with Crippen LogP contribution < -0.4 is 15.0 Å². The van der Waals surface area contributed by atoms with Gasteiger partial charge in [0.05, 0.1) is 12.3 Å². The zero-order valence-electron chi connectivity index (χ0n) is 13.1. The number of amides is 4. The molecule has 1 aromatic carbocycles. The molecule has 4 amide bonds. The van der Waals surface area contributed by atoms with Crippen LogP contribution in [0.25, 0.3) is 6.08 Å². The number of anilines is 1. The standard InChI is InChI=1S/C17H13IN2O5/c1-2-24-11-5-3-4-10(8-11)20-16(22)13(15(21)19-17(20)23)9-12-6-7-14(18)25-12/h3-9H,2H2,1H3,(H,19,21,23). The van der Waals surface area contributed by atoms with Crippen LogP contribution in [0.2, 0.25) is 0 Å². The Hall–Kier alpha value is -2.62. The molecule has 7 nitrogen and oxygen atoms in total. The van der Waals surface area contributed by atoms with Crippen molar-refractivity contribution in [2.24, 2.45) is 0 Å². The SMILES string of the molecule is CCOc1cccc(N2C(=O)NC(=O)C(=Cc3ccc(I)o3)C2=O)c1. The molecule has 0 saturated carbocycles. The second-order valence-corrected chi connectivity index (χ2v) is 6.09. The van der Waals surface area contributed by atoms with Gasteiger partial charge in [0.15, 0.2) is 3.77 Å². The van der Waals surface area contributed by atoms with Gasteiger partial charge in [0.25, 0.3) is 11.8 Å². The number of nitrogens with one attached hydrogen (secondary N) is 1. The van der Waals surface area contributed by atoms with Crippen molar-refractivity contribution in [3.05, 3.63) is 51.5 Å². The summed E-state index contributed by atoms with van der Waals surface area (Å²) in [5, 5.41) is 2.16. The number of imide groups is 2. The van der Waals surface area contributed by atoms with Gasteiger partial charge in [-0.15, -0.1) is 0 Å². The molecule has 0 radical (unpaired) electrons. The first-order valence-corrected chi connectivity index (χ1v) is 8.47. The molecule has 3 rings (SSSR count).